The standard InChI is InChI=1S/C21H19N5O5S/c1-24-17-16(19(28)25(2)21(24)30)26(12-22-17)8-9-31-20(29)13-5-3-6-14(11-13)23-18(27)15-7-4-10-32-15/h3-7,10-12H,8-9H2,1-2H3,(H,23,27). The predicted octanol–water partition coefficient (Wildman–Crippen LogP) is 1.60. The number of imidazole rings is 1. The molecule has 0 aliphatic rings. The van der Waals surface area contributed by atoms with Gasteiger partial charge in [0, 0.05) is 19.8 Å². The van der Waals surface area contributed by atoms with Crippen LogP contribution in [0.15, 0.2) is 57.7 Å². The maximum absolute atomic E-state index is 12.5. The van der Waals surface area contributed by atoms with Gasteiger partial charge in [-0.15, -0.1) is 11.3 Å². The van der Waals surface area contributed by atoms with E-state index in [0.717, 1.165) is 4.57 Å². The third-order valence-corrected chi connectivity index (χ3v) is 5.75. The molecule has 164 valence electrons. The van der Waals surface area contributed by atoms with E-state index in [1.807, 2.05) is 5.38 Å². The number of aromatic nitrogens is 4. The molecule has 0 spiro atoms. The van der Waals surface area contributed by atoms with E-state index in [2.05, 4.69) is 10.3 Å². The van der Waals surface area contributed by atoms with Gasteiger partial charge in [-0.1, -0.05) is 12.1 Å². The van der Waals surface area contributed by atoms with Gasteiger partial charge >= 0.3 is 11.7 Å². The highest BCUT2D eigenvalue weighted by Crippen LogP contribution is 2.15. The number of aryl methyl sites for hydroxylation is 1. The maximum atomic E-state index is 12.5. The Morgan fingerprint density at radius 1 is 1.12 bits per heavy atom. The first-order valence-electron chi connectivity index (χ1n) is 9.59. The lowest BCUT2D eigenvalue weighted by Crippen LogP contribution is -2.37. The van der Waals surface area contributed by atoms with Crippen LogP contribution in [0.1, 0.15) is 20.0 Å². The zero-order chi connectivity index (χ0) is 22.8. The van der Waals surface area contributed by atoms with Gasteiger partial charge in [-0.05, 0) is 29.6 Å². The number of fused-ring (bicyclic) bond motifs is 1. The molecule has 0 radical (unpaired) electrons. The molecular weight excluding hydrogens is 434 g/mol. The molecule has 0 aliphatic heterocycles. The molecular formula is C21H19N5O5S. The summed E-state index contributed by atoms with van der Waals surface area (Å²) in [7, 11) is 2.93. The Balaban J connectivity index is 1.43. The minimum atomic E-state index is -0.568. The van der Waals surface area contributed by atoms with Crippen molar-refractivity contribution in [3.8, 4) is 0 Å². The Morgan fingerprint density at radius 2 is 1.94 bits per heavy atom. The number of carbonyl (C=O) groups excluding carboxylic acids is 2. The van der Waals surface area contributed by atoms with E-state index in [1.54, 1.807) is 34.9 Å². The van der Waals surface area contributed by atoms with Crippen LogP contribution in [0.5, 0.6) is 0 Å². The highest BCUT2D eigenvalue weighted by Gasteiger charge is 2.15. The van der Waals surface area contributed by atoms with Crippen LogP contribution >= 0.6 is 11.3 Å². The largest absolute Gasteiger partial charge is 0.460 e. The van der Waals surface area contributed by atoms with Crippen molar-refractivity contribution in [2.45, 2.75) is 6.54 Å². The number of esters is 1. The summed E-state index contributed by atoms with van der Waals surface area (Å²) in [5.74, 6) is -0.824. The predicted molar refractivity (Wildman–Crippen MR) is 119 cm³/mol. The van der Waals surface area contributed by atoms with Gasteiger partial charge in [0.1, 0.15) is 6.61 Å². The lowest BCUT2D eigenvalue weighted by molar-refractivity contribution is 0.0492. The molecule has 0 unspecified atom stereocenters. The number of nitrogens with zero attached hydrogens (tertiary/aromatic N) is 4. The van der Waals surface area contributed by atoms with Crippen molar-refractivity contribution in [1.82, 2.24) is 18.7 Å². The van der Waals surface area contributed by atoms with Crippen LogP contribution in [0.25, 0.3) is 11.2 Å². The van der Waals surface area contributed by atoms with Gasteiger partial charge in [0.25, 0.3) is 11.5 Å². The number of amides is 1. The van der Waals surface area contributed by atoms with Crippen molar-refractivity contribution in [2.24, 2.45) is 14.1 Å². The first kappa shape index (κ1) is 21.2. The van der Waals surface area contributed by atoms with Crippen LogP contribution < -0.4 is 16.6 Å². The van der Waals surface area contributed by atoms with Crippen molar-refractivity contribution in [3.05, 3.63) is 79.4 Å². The van der Waals surface area contributed by atoms with Crippen LogP contribution in [0.3, 0.4) is 0 Å². The number of hydrogen-bond acceptors (Lipinski definition) is 7. The zero-order valence-electron chi connectivity index (χ0n) is 17.3. The highest BCUT2D eigenvalue weighted by molar-refractivity contribution is 7.12. The second-order valence-electron chi connectivity index (χ2n) is 6.96. The second kappa shape index (κ2) is 8.63. The van der Waals surface area contributed by atoms with Crippen LogP contribution in [0, 0.1) is 0 Å². The molecule has 0 bridgehead atoms. The average Bonchev–Trinajstić information content (AvgIpc) is 3.47. The first-order chi connectivity index (χ1) is 15.4. The van der Waals surface area contributed by atoms with Gasteiger partial charge in [-0.2, -0.15) is 0 Å². The summed E-state index contributed by atoms with van der Waals surface area (Å²) >= 11 is 1.32. The molecule has 1 amide bonds. The minimum Gasteiger partial charge on any atom is -0.460 e. The Morgan fingerprint density at radius 3 is 2.69 bits per heavy atom. The van der Waals surface area contributed by atoms with E-state index in [9.17, 15) is 19.2 Å². The van der Waals surface area contributed by atoms with Gasteiger partial charge in [0.05, 0.1) is 23.3 Å². The van der Waals surface area contributed by atoms with E-state index in [0.29, 0.717) is 10.6 Å². The number of ether oxygens (including phenoxy) is 1. The SMILES string of the molecule is Cn1c(=O)c2c(ncn2CCOC(=O)c2cccc(NC(=O)c3cccs3)c2)n(C)c1=O. The molecule has 11 heteroatoms. The van der Waals surface area contributed by atoms with Crippen LogP contribution in [0.2, 0.25) is 0 Å². The lowest BCUT2D eigenvalue weighted by Gasteiger charge is -2.09. The molecule has 3 aromatic heterocycles. The maximum Gasteiger partial charge on any atom is 0.338 e. The number of rotatable bonds is 6. The van der Waals surface area contributed by atoms with Crippen molar-refractivity contribution in [1.29, 1.82) is 0 Å². The molecule has 0 fully saturated rings. The topological polar surface area (TPSA) is 117 Å². The molecule has 1 N–H and O–H groups in total. The van der Waals surface area contributed by atoms with Gasteiger partial charge in [0.15, 0.2) is 11.2 Å². The summed E-state index contributed by atoms with van der Waals surface area (Å²) < 4.78 is 9.16. The fourth-order valence-corrected chi connectivity index (χ4v) is 3.83. The highest BCUT2D eigenvalue weighted by atomic mass is 32.1. The van der Waals surface area contributed by atoms with Gasteiger partial charge in [-0.25, -0.2) is 14.6 Å². The summed E-state index contributed by atoms with van der Waals surface area (Å²) in [6, 6.07) is 9.94. The molecule has 0 saturated carbocycles. The summed E-state index contributed by atoms with van der Waals surface area (Å²) in [5.41, 5.74) is 0.333. The molecule has 4 aromatic rings. The molecule has 10 nitrogen and oxygen atoms in total. The lowest BCUT2D eigenvalue weighted by atomic mass is 10.2. The first-order valence-corrected chi connectivity index (χ1v) is 10.5. The molecule has 0 saturated heterocycles. The fourth-order valence-electron chi connectivity index (χ4n) is 3.21. The van der Waals surface area contributed by atoms with Gasteiger partial charge in [-0.3, -0.25) is 18.7 Å². The quantitative estimate of drug-likeness (QED) is 0.443. The van der Waals surface area contributed by atoms with Crippen molar-refractivity contribution < 1.29 is 14.3 Å². The summed E-state index contributed by atoms with van der Waals surface area (Å²) in [6.45, 7) is 0.173. The van der Waals surface area contributed by atoms with Gasteiger partial charge in [0.2, 0.25) is 0 Å². The van der Waals surface area contributed by atoms with Crippen molar-refractivity contribution in [3.63, 3.8) is 0 Å². The average molecular weight is 453 g/mol. The Bertz CT molecular complexity index is 1430. The summed E-state index contributed by atoms with van der Waals surface area (Å²) in [6.07, 6.45) is 1.43. The monoisotopic (exact) mass is 453 g/mol. The molecule has 3 heterocycles. The third kappa shape index (κ3) is 3.97. The van der Waals surface area contributed by atoms with E-state index < -0.39 is 17.2 Å². The van der Waals surface area contributed by atoms with E-state index in [1.165, 1.54) is 42.4 Å². The summed E-state index contributed by atoms with van der Waals surface area (Å²) in [4.78, 5) is 53.8. The molecule has 0 aliphatic carbocycles. The number of hydrogen-bond donors (Lipinski definition) is 1. The third-order valence-electron chi connectivity index (χ3n) is 4.88. The number of benzene rings is 1. The normalized spacial score (nSPS) is 10.9. The zero-order valence-corrected chi connectivity index (χ0v) is 18.1. The molecule has 4 rings (SSSR count). The van der Waals surface area contributed by atoms with Crippen LogP contribution in [-0.2, 0) is 25.4 Å². The van der Waals surface area contributed by atoms with E-state index in [-0.39, 0.29) is 35.8 Å². The smallest absolute Gasteiger partial charge is 0.338 e. The van der Waals surface area contributed by atoms with Gasteiger partial charge < -0.3 is 14.6 Å². The Kier molecular flexibility index (Phi) is 5.73. The number of thiophene rings is 1. The number of carbonyl (C=O) groups is 2. The molecule has 0 atom stereocenters. The molecule has 1 aromatic carbocycles. The second-order valence-corrected chi connectivity index (χ2v) is 7.91. The Hall–Kier alpha value is -3.99. The van der Waals surface area contributed by atoms with E-state index >= 15 is 0 Å². The summed E-state index contributed by atoms with van der Waals surface area (Å²) in [5, 5.41) is 4.55. The fraction of sp³-hybridized carbons (Fsp3) is 0.190. The van der Waals surface area contributed by atoms with Crippen LogP contribution in [0.4, 0.5) is 5.69 Å². The van der Waals surface area contributed by atoms with Crippen molar-refractivity contribution >= 4 is 40.1 Å². The molecule has 32 heavy (non-hydrogen) atoms. The van der Waals surface area contributed by atoms with Crippen LogP contribution in [-0.4, -0.2) is 37.2 Å². The minimum absolute atomic E-state index is 0.0118. The Labute approximate surface area is 185 Å². The van der Waals surface area contributed by atoms with Crippen molar-refractivity contribution in [2.75, 3.05) is 11.9 Å². The van der Waals surface area contributed by atoms with E-state index in [4.69, 9.17) is 4.74 Å². The number of nitrogens with one attached hydrogen (secondary N) is 1. The number of anilines is 1.